The minimum Gasteiger partial charge on any atom is -0.356 e. The fourth-order valence-electron chi connectivity index (χ4n) is 2.86. The van der Waals surface area contributed by atoms with Crippen LogP contribution in [0.5, 0.6) is 0 Å². The summed E-state index contributed by atoms with van der Waals surface area (Å²) in [7, 11) is 0.715. The van der Waals surface area contributed by atoms with Crippen molar-refractivity contribution in [1.29, 1.82) is 0 Å². The molecule has 0 amide bonds. The van der Waals surface area contributed by atoms with E-state index in [9.17, 15) is 8.42 Å². The normalized spacial score (nSPS) is 17.9. The summed E-state index contributed by atoms with van der Waals surface area (Å²) >= 11 is 1.65. The number of nitrogens with one attached hydrogen (secondary N) is 1. The third-order valence-electron chi connectivity index (χ3n) is 4.23. The first-order valence-electron chi connectivity index (χ1n) is 8.07. The molecule has 0 aliphatic carbocycles. The predicted octanol–water partition coefficient (Wildman–Crippen LogP) is 1.13. The highest BCUT2D eigenvalue weighted by molar-refractivity contribution is 7.88. The molecule has 1 aliphatic heterocycles. The summed E-state index contributed by atoms with van der Waals surface area (Å²) < 4.78 is 24.7. The van der Waals surface area contributed by atoms with Crippen LogP contribution in [0.3, 0.4) is 0 Å². The number of nitrogens with zero attached hydrogens (tertiary/aromatic N) is 4. The molecule has 1 fully saturated rings. The number of hydrogen-bond acceptors (Lipinski definition) is 5. The van der Waals surface area contributed by atoms with Crippen molar-refractivity contribution in [1.82, 2.24) is 19.5 Å². The average Bonchev–Trinajstić information content (AvgIpc) is 2.92. The van der Waals surface area contributed by atoms with Gasteiger partial charge in [0.25, 0.3) is 0 Å². The Hall–Kier alpha value is -1.19. The molecule has 9 heteroatoms. The monoisotopic (exact) mass is 373 g/mol. The van der Waals surface area contributed by atoms with Crippen LogP contribution in [0.1, 0.15) is 23.5 Å². The molecule has 1 aliphatic rings. The van der Waals surface area contributed by atoms with E-state index in [1.807, 2.05) is 14.0 Å². The van der Waals surface area contributed by atoms with Crippen molar-refractivity contribution >= 4 is 27.3 Å². The van der Waals surface area contributed by atoms with E-state index in [4.69, 9.17) is 0 Å². The summed E-state index contributed by atoms with van der Waals surface area (Å²) in [6, 6.07) is 0. The van der Waals surface area contributed by atoms with E-state index in [0.717, 1.165) is 42.6 Å². The number of sulfonamides is 1. The Bertz CT molecular complexity index is 663. The smallest absolute Gasteiger partial charge is 0.211 e. The third kappa shape index (κ3) is 5.42. The number of guanidine groups is 1. The minimum absolute atomic E-state index is 0.467. The maximum Gasteiger partial charge on any atom is 0.211 e. The molecule has 24 heavy (non-hydrogen) atoms. The van der Waals surface area contributed by atoms with Gasteiger partial charge in [0.1, 0.15) is 0 Å². The van der Waals surface area contributed by atoms with Gasteiger partial charge in [-0.15, -0.1) is 11.3 Å². The zero-order chi connectivity index (χ0) is 17.7. The van der Waals surface area contributed by atoms with E-state index >= 15 is 0 Å². The molecule has 0 atom stereocenters. The number of piperidine rings is 1. The summed E-state index contributed by atoms with van der Waals surface area (Å²) in [5.41, 5.74) is 1.05. The lowest BCUT2D eigenvalue weighted by Crippen LogP contribution is -2.44. The topological polar surface area (TPSA) is 77.9 Å². The van der Waals surface area contributed by atoms with Crippen LogP contribution < -0.4 is 5.32 Å². The van der Waals surface area contributed by atoms with Crippen molar-refractivity contribution in [2.24, 2.45) is 10.9 Å². The summed E-state index contributed by atoms with van der Waals surface area (Å²) in [4.78, 5) is 10.9. The second-order valence-electron chi connectivity index (χ2n) is 6.25. The number of aromatic nitrogens is 1. The number of aliphatic imine (C=N–C) groups is 1. The molecule has 136 valence electrons. The van der Waals surface area contributed by atoms with Crippen LogP contribution in [0.2, 0.25) is 0 Å². The van der Waals surface area contributed by atoms with Crippen LogP contribution in [0.25, 0.3) is 0 Å². The fraction of sp³-hybridized carbons (Fsp3) is 0.733. The zero-order valence-corrected chi connectivity index (χ0v) is 16.5. The molecule has 2 rings (SSSR count). The molecule has 1 N–H and O–H groups in total. The van der Waals surface area contributed by atoms with Gasteiger partial charge in [0.05, 0.1) is 23.5 Å². The van der Waals surface area contributed by atoms with Crippen LogP contribution in [0.15, 0.2) is 10.4 Å². The first kappa shape index (κ1) is 19.1. The van der Waals surface area contributed by atoms with E-state index in [1.54, 1.807) is 22.7 Å². The zero-order valence-electron chi connectivity index (χ0n) is 14.8. The fourth-order valence-corrected chi connectivity index (χ4v) is 4.34. The first-order valence-corrected chi connectivity index (χ1v) is 10.8. The van der Waals surface area contributed by atoms with Gasteiger partial charge in [-0.2, -0.15) is 0 Å². The Balaban J connectivity index is 1.80. The average molecular weight is 374 g/mol. The van der Waals surface area contributed by atoms with Gasteiger partial charge >= 0.3 is 0 Å². The lowest BCUT2D eigenvalue weighted by molar-refractivity contribution is 0.273. The van der Waals surface area contributed by atoms with Crippen molar-refractivity contribution < 1.29 is 8.42 Å². The van der Waals surface area contributed by atoms with Gasteiger partial charge in [-0.1, -0.05) is 0 Å². The first-order chi connectivity index (χ1) is 11.3. The molecule has 0 radical (unpaired) electrons. The van der Waals surface area contributed by atoms with Crippen LogP contribution in [0.4, 0.5) is 0 Å². The lowest BCUT2D eigenvalue weighted by atomic mass is 9.98. The van der Waals surface area contributed by atoms with Gasteiger partial charge in [-0.25, -0.2) is 17.7 Å². The highest BCUT2D eigenvalue weighted by atomic mass is 32.2. The Morgan fingerprint density at radius 2 is 2.17 bits per heavy atom. The van der Waals surface area contributed by atoms with E-state index in [0.29, 0.717) is 19.0 Å². The van der Waals surface area contributed by atoms with Crippen LogP contribution in [0, 0.1) is 12.8 Å². The summed E-state index contributed by atoms with van der Waals surface area (Å²) in [6.45, 7) is 4.75. The molecule has 0 bridgehead atoms. The quantitative estimate of drug-likeness (QED) is 0.618. The van der Waals surface area contributed by atoms with E-state index in [2.05, 4.69) is 25.6 Å². The minimum atomic E-state index is -3.06. The Kier molecular flexibility index (Phi) is 6.59. The summed E-state index contributed by atoms with van der Waals surface area (Å²) in [6.07, 6.45) is 3.04. The largest absolute Gasteiger partial charge is 0.356 e. The van der Waals surface area contributed by atoms with Gasteiger partial charge in [0, 0.05) is 39.1 Å². The molecule has 0 aromatic carbocycles. The van der Waals surface area contributed by atoms with E-state index < -0.39 is 10.0 Å². The van der Waals surface area contributed by atoms with Crippen molar-refractivity contribution in [3.63, 3.8) is 0 Å². The molecule has 0 spiro atoms. The summed E-state index contributed by atoms with van der Waals surface area (Å²) in [5.74, 6) is 1.31. The van der Waals surface area contributed by atoms with Crippen LogP contribution >= 0.6 is 11.3 Å². The van der Waals surface area contributed by atoms with Crippen molar-refractivity contribution in [3.8, 4) is 0 Å². The van der Waals surface area contributed by atoms with E-state index in [-0.39, 0.29) is 0 Å². The third-order valence-corrected chi connectivity index (χ3v) is 6.36. The van der Waals surface area contributed by atoms with Crippen molar-refractivity contribution in [2.75, 3.05) is 40.0 Å². The second-order valence-corrected chi connectivity index (χ2v) is 9.29. The Labute approximate surface area is 148 Å². The van der Waals surface area contributed by atoms with Gasteiger partial charge < -0.3 is 10.2 Å². The van der Waals surface area contributed by atoms with Gasteiger partial charge in [0.2, 0.25) is 10.0 Å². The van der Waals surface area contributed by atoms with Crippen LogP contribution in [-0.4, -0.2) is 68.6 Å². The Morgan fingerprint density at radius 3 is 2.67 bits per heavy atom. The number of aryl methyl sites for hydroxylation is 1. The molecule has 1 saturated heterocycles. The SMILES string of the molecule is CN=C(NCC1CCN(S(C)(=O)=O)CC1)N(C)Cc1csc(C)n1. The van der Waals surface area contributed by atoms with E-state index in [1.165, 1.54) is 6.26 Å². The highest BCUT2D eigenvalue weighted by Crippen LogP contribution is 2.18. The standard InChI is InChI=1S/C15H27N5O2S2/c1-12-18-14(11-23-12)10-19(3)15(16-2)17-9-13-5-7-20(8-6-13)24(4,21)22/h11,13H,5-10H2,1-4H3,(H,16,17). The number of hydrogen-bond donors (Lipinski definition) is 1. The summed E-state index contributed by atoms with van der Waals surface area (Å²) in [5, 5.41) is 6.54. The van der Waals surface area contributed by atoms with Crippen molar-refractivity contribution in [3.05, 3.63) is 16.1 Å². The molecular formula is C15H27N5O2S2. The highest BCUT2D eigenvalue weighted by Gasteiger charge is 2.25. The maximum atomic E-state index is 11.5. The molecule has 0 unspecified atom stereocenters. The maximum absolute atomic E-state index is 11.5. The molecule has 0 saturated carbocycles. The number of thiazole rings is 1. The molecule has 2 heterocycles. The van der Waals surface area contributed by atoms with Gasteiger partial charge in [0.15, 0.2) is 5.96 Å². The second kappa shape index (κ2) is 8.26. The van der Waals surface area contributed by atoms with Crippen LogP contribution in [-0.2, 0) is 16.6 Å². The van der Waals surface area contributed by atoms with Gasteiger partial charge in [-0.05, 0) is 25.7 Å². The molecule has 7 nitrogen and oxygen atoms in total. The Morgan fingerprint density at radius 1 is 1.50 bits per heavy atom. The number of rotatable bonds is 5. The molecular weight excluding hydrogens is 346 g/mol. The predicted molar refractivity (Wildman–Crippen MR) is 98.8 cm³/mol. The molecule has 1 aromatic rings. The van der Waals surface area contributed by atoms with Crippen molar-refractivity contribution in [2.45, 2.75) is 26.3 Å². The van der Waals surface area contributed by atoms with Gasteiger partial charge in [-0.3, -0.25) is 4.99 Å². The lowest BCUT2D eigenvalue weighted by Gasteiger charge is -2.31. The molecule has 1 aromatic heterocycles.